The second kappa shape index (κ2) is 54.6. The van der Waals surface area contributed by atoms with Crippen molar-refractivity contribution < 1.29 is 24.2 Å². The number of hydrogen-bond donors (Lipinski definition) is 2. The standard InChI is InChI=1S/C45H89NO3.C2H7N.CH2O2/c1-4-7-10-13-16-25-34-43-49-45(48)38-29-22-18-24-31-40-46(41-32-33-42-47)39-30-23-17-21-28-37-44(35-26-19-14-11-8-5-2)36-27-20-15-12-9-6-3;1-3-2;2-1-3/h42,44H,4-41,43H2,1-3H3;3H,1-2H3;1H,(H,2,3). The number of nitrogens with zero attached hydrogens (tertiary/aromatic N) is 1. The molecule has 0 aromatic heterocycles. The van der Waals surface area contributed by atoms with Crippen molar-refractivity contribution in [2.75, 3.05) is 40.3 Å². The van der Waals surface area contributed by atoms with E-state index in [-0.39, 0.29) is 12.4 Å². The Morgan fingerprint density at radius 1 is 0.527 bits per heavy atom. The normalized spacial score (nSPS) is 10.9. The van der Waals surface area contributed by atoms with E-state index >= 15 is 0 Å². The monoisotopic (exact) mass is 783 g/mol. The van der Waals surface area contributed by atoms with Crippen LogP contribution in [-0.2, 0) is 19.1 Å². The van der Waals surface area contributed by atoms with Gasteiger partial charge in [-0.25, -0.2) is 0 Å². The number of rotatable bonds is 42. The number of hydrogen-bond acceptors (Lipinski definition) is 6. The van der Waals surface area contributed by atoms with E-state index in [1.165, 1.54) is 193 Å². The number of nitrogens with one attached hydrogen (secondary N) is 1. The molecule has 0 heterocycles. The molecule has 0 unspecified atom stereocenters. The minimum Gasteiger partial charge on any atom is -0.483 e. The summed E-state index contributed by atoms with van der Waals surface area (Å²) in [6.45, 7) is 10.6. The summed E-state index contributed by atoms with van der Waals surface area (Å²) in [7, 11) is 3.75. The maximum absolute atomic E-state index is 12.0. The van der Waals surface area contributed by atoms with Crippen LogP contribution in [0.3, 0.4) is 0 Å². The predicted octanol–water partition coefficient (Wildman–Crippen LogP) is 13.9. The van der Waals surface area contributed by atoms with Gasteiger partial charge in [0.05, 0.1) is 6.61 Å². The van der Waals surface area contributed by atoms with Gasteiger partial charge in [-0.05, 0) is 71.8 Å². The summed E-state index contributed by atoms with van der Waals surface area (Å²) in [5.41, 5.74) is 0. The van der Waals surface area contributed by atoms with Gasteiger partial charge in [-0.3, -0.25) is 9.59 Å². The maximum atomic E-state index is 12.0. The van der Waals surface area contributed by atoms with Gasteiger partial charge in [0.2, 0.25) is 0 Å². The Morgan fingerprint density at radius 2 is 0.855 bits per heavy atom. The van der Waals surface area contributed by atoms with Crippen LogP contribution in [-0.4, -0.2) is 69.1 Å². The molecule has 0 rings (SSSR count). The van der Waals surface area contributed by atoms with Crippen LogP contribution < -0.4 is 5.32 Å². The summed E-state index contributed by atoms with van der Waals surface area (Å²) in [5.74, 6) is 0.965. The third-order valence-corrected chi connectivity index (χ3v) is 10.7. The summed E-state index contributed by atoms with van der Waals surface area (Å²) in [6, 6.07) is 0. The molecule has 0 atom stereocenters. The van der Waals surface area contributed by atoms with E-state index in [0.29, 0.717) is 19.4 Å². The molecule has 7 nitrogen and oxygen atoms in total. The van der Waals surface area contributed by atoms with Gasteiger partial charge in [0.25, 0.3) is 6.47 Å². The maximum Gasteiger partial charge on any atom is 0.305 e. The second-order valence-electron chi connectivity index (χ2n) is 16.2. The van der Waals surface area contributed by atoms with E-state index in [1.807, 2.05) is 14.1 Å². The number of carbonyl (C=O) groups is 3. The van der Waals surface area contributed by atoms with Gasteiger partial charge in [0, 0.05) is 12.8 Å². The number of unbranched alkanes of at least 4 members (excludes halogenated alkanes) is 25. The molecular weight excluding hydrogens is 685 g/mol. The van der Waals surface area contributed by atoms with Gasteiger partial charge in [-0.2, -0.15) is 0 Å². The summed E-state index contributed by atoms with van der Waals surface area (Å²) >= 11 is 0. The first-order valence-electron chi connectivity index (χ1n) is 24.0. The van der Waals surface area contributed by atoms with Crippen LogP contribution in [0.4, 0.5) is 0 Å². The highest BCUT2D eigenvalue weighted by Crippen LogP contribution is 2.25. The third kappa shape index (κ3) is 54.7. The minimum atomic E-state index is -0.250. The van der Waals surface area contributed by atoms with Crippen LogP contribution in [0.2, 0.25) is 0 Å². The molecule has 0 saturated heterocycles. The first-order valence-corrected chi connectivity index (χ1v) is 24.0. The molecule has 0 amide bonds. The molecule has 0 bridgehead atoms. The van der Waals surface area contributed by atoms with E-state index < -0.39 is 0 Å². The van der Waals surface area contributed by atoms with Crippen molar-refractivity contribution >= 4 is 18.7 Å². The average Bonchev–Trinajstić information content (AvgIpc) is 3.17. The van der Waals surface area contributed by atoms with Gasteiger partial charge in [0.15, 0.2) is 0 Å². The molecule has 330 valence electrons. The highest BCUT2D eigenvalue weighted by atomic mass is 16.5. The molecule has 0 radical (unpaired) electrons. The summed E-state index contributed by atoms with van der Waals surface area (Å²) in [4.78, 5) is 33.9. The van der Waals surface area contributed by atoms with Crippen molar-refractivity contribution in [3.63, 3.8) is 0 Å². The van der Waals surface area contributed by atoms with Crippen LogP contribution >= 0.6 is 0 Å². The summed E-state index contributed by atoms with van der Waals surface area (Å²) < 4.78 is 5.44. The lowest BCUT2D eigenvalue weighted by molar-refractivity contribution is -0.144. The number of esters is 1. The molecule has 7 heteroatoms. The molecule has 0 saturated carbocycles. The SMILES string of the molecule is CCCCCCCCCOC(=O)CCCCCCCN(CCCC=O)CCCCCCCC(CCCCCCCC)CCCCCCCC.CNC.O=CO. The molecule has 55 heavy (non-hydrogen) atoms. The van der Waals surface area contributed by atoms with Gasteiger partial charge >= 0.3 is 5.97 Å². The highest BCUT2D eigenvalue weighted by molar-refractivity contribution is 5.69. The highest BCUT2D eigenvalue weighted by Gasteiger charge is 2.10. The van der Waals surface area contributed by atoms with Crippen molar-refractivity contribution in [3.8, 4) is 0 Å². The molecule has 0 aromatic rings. The fourth-order valence-electron chi connectivity index (χ4n) is 7.34. The van der Waals surface area contributed by atoms with Gasteiger partial charge in [-0.15, -0.1) is 0 Å². The molecule has 0 spiro atoms. The van der Waals surface area contributed by atoms with E-state index in [4.69, 9.17) is 14.6 Å². The number of carboxylic acid groups (broad SMARTS) is 1. The second-order valence-corrected chi connectivity index (χ2v) is 16.2. The molecule has 0 aliphatic rings. The van der Waals surface area contributed by atoms with Gasteiger partial charge in [0.1, 0.15) is 6.29 Å². The molecule has 0 aliphatic carbocycles. The lowest BCUT2D eigenvalue weighted by atomic mass is 9.89. The average molecular weight is 783 g/mol. The first-order chi connectivity index (χ1) is 27.0. The summed E-state index contributed by atoms with van der Waals surface area (Å²) in [6.07, 6.45) is 46.2. The molecule has 2 N–H and O–H groups in total. The van der Waals surface area contributed by atoms with Crippen LogP contribution in [0.15, 0.2) is 0 Å². The lowest BCUT2D eigenvalue weighted by Crippen LogP contribution is -2.27. The zero-order chi connectivity index (χ0) is 41.1. The minimum absolute atomic E-state index is 0.00603. The quantitative estimate of drug-likeness (QED) is 0.0361. The van der Waals surface area contributed by atoms with Crippen LogP contribution in [0, 0.1) is 5.92 Å². The van der Waals surface area contributed by atoms with Crippen molar-refractivity contribution in [3.05, 3.63) is 0 Å². The smallest absolute Gasteiger partial charge is 0.305 e. The predicted molar refractivity (Wildman–Crippen MR) is 239 cm³/mol. The lowest BCUT2D eigenvalue weighted by Gasteiger charge is -2.22. The fourth-order valence-corrected chi connectivity index (χ4v) is 7.34. The Morgan fingerprint density at radius 3 is 1.25 bits per heavy atom. The van der Waals surface area contributed by atoms with Crippen molar-refractivity contribution in [2.45, 2.75) is 245 Å². The van der Waals surface area contributed by atoms with Crippen molar-refractivity contribution in [1.82, 2.24) is 10.2 Å². The Kier molecular flexibility index (Phi) is 57.5. The van der Waals surface area contributed by atoms with E-state index in [9.17, 15) is 9.59 Å². The number of ether oxygens (including phenoxy) is 1. The van der Waals surface area contributed by atoms with E-state index in [1.54, 1.807) is 0 Å². The molecular formula is C48H98N2O5. The van der Waals surface area contributed by atoms with Crippen molar-refractivity contribution in [2.24, 2.45) is 5.92 Å². The Bertz CT molecular complexity index is 706. The third-order valence-electron chi connectivity index (χ3n) is 10.7. The zero-order valence-electron chi connectivity index (χ0n) is 37.8. The van der Waals surface area contributed by atoms with E-state index in [2.05, 4.69) is 31.0 Å². The van der Waals surface area contributed by atoms with Crippen LogP contribution in [0.5, 0.6) is 0 Å². The topological polar surface area (TPSA) is 95.9 Å². The zero-order valence-corrected chi connectivity index (χ0v) is 37.8. The molecule has 0 fully saturated rings. The molecule has 0 aromatic carbocycles. The molecule has 0 aliphatic heterocycles. The van der Waals surface area contributed by atoms with Crippen LogP contribution in [0.1, 0.15) is 245 Å². The Labute approximate surface area is 344 Å². The largest absolute Gasteiger partial charge is 0.483 e. The van der Waals surface area contributed by atoms with Crippen molar-refractivity contribution in [1.29, 1.82) is 0 Å². The summed E-state index contributed by atoms with van der Waals surface area (Å²) in [5, 5.41) is 9.64. The Hall–Kier alpha value is -1.47. The van der Waals surface area contributed by atoms with E-state index in [0.717, 1.165) is 51.0 Å². The van der Waals surface area contributed by atoms with Crippen LogP contribution in [0.25, 0.3) is 0 Å². The first kappa shape index (κ1) is 57.9. The Balaban J connectivity index is -0.00000420. The van der Waals surface area contributed by atoms with Gasteiger partial charge < -0.3 is 24.9 Å². The number of aldehydes is 1. The van der Waals surface area contributed by atoms with Gasteiger partial charge in [-0.1, -0.05) is 201 Å². The fraction of sp³-hybridized carbons (Fsp3) is 0.938. The number of carbonyl (C=O) groups excluding carboxylic acids is 2.